The van der Waals surface area contributed by atoms with Crippen LogP contribution < -0.4 is 10.2 Å². The van der Waals surface area contributed by atoms with Gasteiger partial charge in [0.2, 0.25) is 0 Å². The molecular formula is C16H19ClFN5. The van der Waals surface area contributed by atoms with E-state index in [-0.39, 0.29) is 5.02 Å². The molecule has 1 aromatic heterocycles. The van der Waals surface area contributed by atoms with Crippen molar-refractivity contribution in [3.63, 3.8) is 0 Å². The van der Waals surface area contributed by atoms with Gasteiger partial charge in [-0.25, -0.2) is 14.4 Å². The monoisotopic (exact) mass is 335 g/mol. The second-order valence-corrected chi connectivity index (χ2v) is 5.84. The van der Waals surface area contributed by atoms with Crippen molar-refractivity contribution in [1.29, 1.82) is 0 Å². The first-order chi connectivity index (χ1) is 11.2. The molecule has 1 aliphatic rings. The lowest BCUT2D eigenvalue weighted by atomic mass is 10.3. The van der Waals surface area contributed by atoms with Crippen LogP contribution in [0.2, 0.25) is 5.02 Å². The van der Waals surface area contributed by atoms with Crippen molar-refractivity contribution in [2.75, 3.05) is 42.9 Å². The minimum atomic E-state index is -0.436. The van der Waals surface area contributed by atoms with Gasteiger partial charge >= 0.3 is 0 Å². The third kappa shape index (κ3) is 3.89. The Morgan fingerprint density at radius 1 is 1.17 bits per heavy atom. The summed E-state index contributed by atoms with van der Waals surface area (Å²) in [5.41, 5.74) is 0.692. The molecule has 0 atom stereocenters. The van der Waals surface area contributed by atoms with Crippen LogP contribution >= 0.6 is 11.6 Å². The molecule has 0 unspecified atom stereocenters. The summed E-state index contributed by atoms with van der Waals surface area (Å²) in [6.07, 6.45) is 1.54. The molecule has 0 radical (unpaired) electrons. The second kappa shape index (κ2) is 7.10. The van der Waals surface area contributed by atoms with E-state index in [1.165, 1.54) is 12.4 Å². The van der Waals surface area contributed by atoms with Gasteiger partial charge in [0.15, 0.2) is 0 Å². The van der Waals surface area contributed by atoms with Crippen molar-refractivity contribution in [2.24, 2.45) is 0 Å². The predicted octanol–water partition coefficient (Wildman–Crippen LogP) is 3.15. The van der Waals surface area contributed by atoms with Crippen LogP contribution in [-0.2, 0) is 0 Å². The molecular weight excluding hydrogens is 317 g/mol. The molecule has 1 saturated heterocycles. The predicted molar refractivity (Wildman–Crippen MR) is 91.1 cm³/mol. The Balaban J connectivity index is 1.71. The topological polar surface area (TPSA) is 44.3 Å². The fourth-order valence-corrected chi connectivity index (χ4v) is 2.78. The Bertz CT molecular complexity index is 673. The highest BCUT2D eigenvalue weighted by Gasteiger charge is 2.17. The number of nitrogens with zero attached hydrogens (tertiary/aromatic N) is 4. The van der Waals surface area contributed by atoms with Gasteiger partial charge in [-0.05, 0) is 24.7 Å². The number of benzene rings is 1. The Hall–Kier alpha value is -1.92. The molecule has 0 aliphatic carbocycles. The zero-order chi connectivity index (χ0) is 16.2. The third-order valence-electron chi connectivity index (χ3n) is 3.99. The lowest BCUT2D eigenvalue weighted by Crippen LogP contribution is -2.46. The van der Waals surface area contributed by atoms with Crippen molar-refractivity contribution in [3.8, 4) is 0 Å². The smallest absolute Gasteiger partial charge is 0.141 e. The highest BCUT2D eigenvalue weighted by atomic mass is 35.5. The molecule has 5 nitrogen and oxygen atoms in total. The molecule has 23 heavy (non-hydrogen) atoms. The average molecular weight is 336 g/mol. The van der Waals surface area contributed by atoms with Gasteiger partial charge in [-0.15, -0.1) is 0 Å². The summed E-state index contributed by atoms with van der Waals surface area (Å²) in [4.78, 5) is 13.2. The Labute approximate surface area is 140 Å². The number of rotatable bonds is 4. The fraction of sp³-hybridized carbons (Fsp3) is 0.375. The molecule has 0 saturated carbocycles. The Morgan fingerprint density at radius 3 is 2.65 bits per heavy atom. The van der Waals surface area contributed by atoms with Crippen molar-refractivity contribution in [2.45, 2.75) is 6.92 Å². The standard InChI is InChI=1S/C16H19ClFN5/c1-2-22-5-7-23(8-6-22)16-10-15(19-11-20-16)21-12-3-4-14(18)13(17)9-12/h3-4,9-11H,2,5-8H2,1H3,(H,19,20,21). The van der Waals surface area contributed by atoms with Crippen molar-refractivity contribution < 1.29 is 4.39 Å². The number of halogens is 2. The van der Waals surface area contributed by atoms with Gasteiger partial charge in [0.05, 0.1) is 5.02 Å². The molecule has 0 bridgehead atoms. The van der Waals surface area contributed by atoms with Crippen LogP contribution in [0.15, 0.2) is 30.6 Å². The molecule has 2 heterocycles. The van der Waals surface area contributed by atoms with Gasteiger partial charge in [-0.2, -0.15) is 0 Å². The van der Waals surface area contributed by atoms with E-state index in [0.717, 1.165) is 38.5 Å². The first kappa shape index (κ1) is 16.0. The average Bonchev–Trinajstić information content (AvgIpc) is 2.58. The minimum absolute atomic E-state index is 0.0833. The maximum absolute atomic E-state index is 13.2. The van der Waals surface area contributed by atoms with Crippen LogP contribution in [0.5, 0.6) is 0 Å². The van der Waals surface area contributed by atoms with E-state index >= 15 is 0 Å². The van der Waals surface area contributed by atoms with E-state index in [2.05, 4.69) is 32.0 Å². The Kier molecular flexibility index (Phi) is 4.93. The summed E-state index contributed by atoms with van der Waals surface area (Å²) in [6.45, 7) is 7.24. The zero-order valence-electron chi connectivity index (χ0n) is 13.0. The lowest BCUT2D eigenvalue weighted by molar-refractivity contribution is 0.270. The summed E-state index contributed by atoms with van der Waals surface area (Å²) in [5.74, 6) is 1.12. The molecule has 0 spiro atoms. The third-order valence-corrected chi connectivity index (χ3v) is 4.28. The van der Waals surface area contributed by atoms with Crippen LogP contribution in [0.3, 0.4) is 0 Å². The quantitative estimate of drug-likeness (QED) is 0.929. The van der Waals surface area contributed by atoms with Gasteiger partial charge in [0.1, 0.15) is 23.8 Å². The Morgan fingerprint density at radius 2 is 1.96 bits per heavy atom. The largest absolute Gasteiger partial charge is 0.354 e. The van der Waals surface area contributed by atoms with Crippen molar-refractivity contribution in [1.82, 2.24) is 14.9 Å². The summed E-state index contributed by atoms with van der Waals surface area (Å²) in [6, 6.07) is 6.40. The SMILES string of the molecule is CCN1CCN(c2cc(Nc3ccc(F)c(Cl)c3)ncn2)CC1. The number of piperazine rings is 1. The number of aromatic nitrogens is 2. The summed E-state index contributed by atoms with van der Waals surface area (Å²) in [7, 11) is 0. The van der Waals surface area contributed by atoms with E-state index in [1.54, 1.807) is 12.1 Å². The number of likely N-dealkylation sites (N-methyl/N-ethyl adjacent to an activating group) is 1. The number of anilines is 3. The summed E-state index contributed by atoms with van der Waals surface area (Å²) < 4.78 is 13.2. The highest BCUT2D eigenvalue weighted by molar-refractivity contribution is 6.31. The van der Waals surface area contributed by atoms with Crippen molar-refractivity contribution >= 4 is 28.9 Å². The minimum Gasteiger partial charge on any atom is -0.354 e. The summed E-state index contributed by atoms with van der Waals surface area (Å²) >= 11 is 5.80. The first-order valence-electron chi connectivity index (χ1n) is 7.67. The van der Waals surface area contributed by atoms with E-state index < -0.39 is 5.82 Å². The number of nitrogens with one attached hydrogen (secondary N) is 1. The van der Waals surface area contributed by atoms with Gasteiger partial charge in [0, 0.05) is 37.9 Å². The number of hydrogen-bond donors (Lipinski definition) is 1. The molecule has 2 aromatic rings. The number of hydrogen-bond acceptors (Lipinski definition) is 5. The molecule has 3 rings (SSSR count). The van der Waals surface area contributed by atoms with Crippen LogP contribution in [0.25, 0.3) is 0 Å². The van der Waals surface area contributed by atoms with E-state index in [1.807, 2.05) is 6.07 Å². The maximum Gasteiger partial charge on any atom is 0.141 e. The maximum atomic E-state index is 13.2. The van der Waals surface area contributed by atoms with Gasteiger partial charge in [-0.3, -0.25) is 0 Å². The van der Waals surface area contributed by atoms with E-state index in [4.69, 9.17) is 11.6 Å². The molecule has 7 heteroatoms. The fourth-order valence-electron chi connectivity index (χ4n) is 2.60. The summed E-state index contributed by atoms with van der Waals surface area (Å²) in [5, 5.41) is 3.22. The first-order valence-corrected chi connectivity index (χ1v) is 8.05. The van der Waals surface area contributed by atoms with Crippen molar-refractivity contribution in [3.05, 3.63) is 41.4 Å². The zero-order valence-corrected chi connectivity index (χ0v) is 13.7. The van der Waals surface area contributed by atoms with E-state index in [9.17, 15) is 4.39 Å². The van der Waals surface area contributed by atoms with Crippen LogP contribution in [-0.4, -0.2) is 47.6 Å². The second-order valence-electron chi connectivity index (χ2n) is 5.44. The molecule has 1 fully saturated rings. The normalized spacial score (nSPS) is 15.7. The molecule has 0 amide bonds. The molecule has 1 aromatic carbocycles. The lowest BCUT2D eigenvalue weighted by Gasteiger charge is -2.34. The highest BCUT2D eigenvalue weighted by Crippen LogP contribution is 2.23. The molecule has 1 aliphatic heterocycles. The van der Waals surface area contributed by atoms with Gasteiger partial charge < -0.3 is 15.1 Å². The van der Waals surface area contributed by atoms with Crippen LogP contribution in [0.4, 0.5) is 21.7 Å². The van der Waals surface area contributed by atoms with E-state index in [0.29, 0.717) is 11.5 Å². The van der Waals surface area contributed by atoms with Crippen LogP contribution in [0, 0.1) is 5.82 Å². The van der Waals surface area contributed by atoms with Gasteiger partial charge in [0.25, 0.3) is 0 Å². The molecule has 122 valence electrons. The van der Waals surface area contributed by atoms with Crippen LogP contribution in [0.1, 0.15) is 6.92 Å². The van der Waals surface area contributed by atoms with Gasteiger partial charge in [-0.1, -0.05) is 18.5 Å². The molecule has 1 N–H and O–H groups in total.